The zero-order chi connectivity index (χ0) is 12.7. The highest BCUT2D eigenvalue weighted by atomic mass is 32.2. The molecule has 0 radical (unpaired) electrons. The molecular weight excluding hydrogens is 257 g/mol. The van der Waals surface area contributed by atoms with Crippen LogP contribution in [0.4, 0.5) is 13.2 Å². The van der Waals surface area contributed by atoms with E-state index in [4.69, 9.17) is 0 Å². The van der Waals surface area contributed by atoms with Crippen LogP contribution in [-0.4, -0.2) is 13.9 Å². The lowest BCUT2D eigenvalue weighted by molar-refractivity contribution is -0.0509. The smallest absolute Gasteiger partial charge is 0.376 e. The summed E-state index contributed by atoms with van der Waals surface area (Å²) >= 11 is 0. The minimum absolute atomic E-state index is 0.266. The third-order valence-electron chi connectivity index (χ3n) is 2.27. The molecule has 0 N–H and O–H groups in total. The minimum Gasteiger partial charge on any atom is -0.376 e. The van der Waals surface area contributed by atoms with Gasteiger partial charge in [-0.1, -0.05) is 24.3 Å². The summed E-state index contributed by atoms with van der Waals surface area (Å²) in [5, 5.41) is 0. The van der Waals surface area contributed by atoms with Gasteiger partial charge in [0.2, 0.25) is 0 Å². The fourth-order valence-electron chi connectivity index (χ4n) is 1.50. The van der Waals surface area contributed by atoms with Crippen molar-refractivity contribution in [3.05, 3.63) is 41.5 Å². The fourth-order valence-corrected chi connectivity index (χ4v) is 1.98. The van der Waals surface area contributed by atoms with Crippen LogP contribution in [0.25, 0.3) is 5.76 Å². The van der Waals surface area contributed by atoms with Crippen molar-refractivity contribution in [3.63, 3.8) is 0 Å². The highest BCUT2D eigenvalue weighted by Crippen LogP contribution is 2.34. The fraction of sp³-hybridized carbons (Fsp3) is 0.200. The molecule has 0 spiro atoms. The van der Waals surface area contributed by atoms with E-state index in [-0.39, 0.29) is 5.76 Å². The van der Waals surface area contributed by atoms with Crippen molar-refractivity contribution in [2.45, 2.75) is 11.9 Å². The molecule has 0 heterocycles. The summed E-state index contributed by atoms with van der Waals surface area (Å²) in [7, 11) is -5.59. The number of benzene rings is 1. The van der Waals surface area contributed by atoms with Gasteiger partial charge in [0.1, 0.15) is 5.76 Å². The van der Waals surface area contributed by atoms with E-state index in [0.29, 0.717) is 12.0 Å². The van der Waals surface area contributed by atoms with Crippen molar-refractivity contribution in [1.82, 2.24) is 0 Å². The number of fused-ring (bicyclic) bond motifs is 1. The lowest BCUT2D eigenvalue weighted by Gasteiger charge is -2.10. The van der Waals surface area contributed by atoms with Crippen LogP contribution in [0.2, 0.25) is 0 Å². The van der Waals surface area contributed by atoms with Crippen molar-refractivity contribution in [3.8, 4) is 0 Å². The van der Waals surface area contributed by atoms with Crippen molar-refractivity contribution in [2.24, 2.45) is 0 Å². The summed E-state index contributed by atoms with van der Waals surface area (Å²) < 4.78 is 62.1. The summed E-state index contributed by atoms with van der Waals surface area (Å²) in [5.41, 5.74) is -4.30. The topological polar surface area (TPSA) is 43.4 Å². The largest absolute Gasteiger partial charge is 0.534 e. The second kappa shape index (κ2) is 3.76. The second-order valence-corrected chi connectivity index (χ2v) is 4.95. The minimum atomic E-state index is -5.59. The highest BCUT2D eigenvalue weighted by Gasteiger charge is 2.49. The molecule has 1 aromatic carbocycles. The monoisotopic (exact) mass is 264 g/mol. The Balaban J connectivity index is 2.30. The van der Waals surface area contributed by atoms with Gasteiger partial charge < -0.3 is 4.18 Å². The van der Waals surface area contributed by atoms with E-state index < -0.39 is 15.6 Å². The molecule has 1 aliphatic carbocycles. The number of hydrogen-bond acceptors (Lipinski definition) is 3. The molecule has 92 valence electrons. The Morgan fingerprint density at radius 2 is 1.82 bits per heavy atom. The molecule has 0 atom stereocenters. The number of hydrogen-bond donors (Lipinski definition) is 0. The first-order valence-corrected chi connectivity index (χ1v) is 6.01. The van der Waals surface area contributed by atoms with E-state index in [1.807, 2.05) is 0 Å². The molecule has 0 aromatic heterocycles. The van der Waals surface area contributed by atoms with Crippen molar-refractivity contribution < 1.29 is 25.8 Å². The van der Waals surface area contributed by atoms with Gasteiger partial charge in [-0.25, -0.2) is 0 Å². The quantitative estimate of drug-likeness (QED) is 0.608. The zero-order valence-corrected chi connectivity index (χ0v) is 9.18. The molecule has 2 rings (SSSR count). The standard InChI is InChI=1S/C10H7F3O3S/c11-10(12,13)17(14,15)16-9-6-5-7-3-1-2-4-8(7)9/h1-4,6H,5H2. The molecule has 0 amide bonds. The Hall–Kier alpha value is -1.50. The van der Waals surface area contributed by atoms with Gasteiger partial charge in [0.05, 0.1) is 0 Å². The van der Waals surface area contributed by atoms with E-state index in [0.717, 1.165) is 5.56 Å². The Kier molecular flexibility index (Phi) is 2.65. The highest BCUT2D eigenvalue weighted by molar-refractivity contribution is 7.87. The molecule has 1 aliphatic rings. The van der Waals surface area contributed by atoms with Gasteiger partial charge in [0.25, 0.3) is 0 Å². The van der Waals surface area contributed by atoms with E-state index in [1.165, 1.54) is 12.1 Å². The average molecular weight is 264 g/mol. The lowest BCUT2D eigenvalue weighted by Crippen LogP contribution is -2.24. The van der Waals surface area contributed by atoms with Gasteiger partial charge in [0, 0.05) is 5.56 Å². The molecule has 0 saturated heterocycles. The number of halogens is 3. The average Bonchev–Trinajstić information content (AvgIpc) is 2.60. The number of alkyl halides is 3. The third kappa shape index (κ3) is 2.14. The summed E-state index contributed by atoms with van der Waals surface area (Å²) in [6.07, 6.45) is 1.67. The normalized spacial score (nSPS) is 15.4. The zero-order valence-electron chi connectivity index (χ0n) is 8.36. The molecular formula is C10H7F3O3S. The van der Waals surface area contributed by atoms with E-state index in [2.05, 4.69) is 4.18 Å². The van der Waals surface area contributed by atoms with Crippen LogP contribution < -0.4 is 0 Å². The molecule has 7 heteroatoms. The maximum absolute atomic E-state index is 12.1. The van der Waals surface area contributed by atoms with Crippen LogP contribution in [0.5, 0.6) is 0 Å². The Morgan fingerprint density at radius 1 is 1.18 bits per heavy atom. The molecule has 3 nitrogen and oxygen atoms in total. The molecule has 0 fully saturated rings. The summed E-state index contributed by atoms with van der Waals surface area (Å²) in [6, 6.07) is 6.53. The van der Waals surface area contributed by atoms with Crippen LogP contribution in [0.1, 0.15) is 11.1 Å². The van der Waals surface area contributed by atoms with Crippen molar-refractivity contribution in [1.29, 1.82) is 0 Å². The van der Waals surface area contributed by atoms with Crippen LogP contribution in [0, 0.1) is 0 Å². The maximum atomic E-state index is 12.1. The summed E-state index contributed by atoms with van der Waals surface area (Å²) in [5.74, 6) is -0.266. The SMILES string of the molecule is O=S(=O)(OC1=CCc2ccccc21)C(F)(F)F. The van der Waals surface area contributed by atoms with Gasteiger partial charge >= 0.3 is 15.6 Å². The van der Waals surface area contributed by atoms with Crippen LogP contribution in [0.3, 0.4) is 0 Å². The van der Waals surface area contributed by atoms with Crippen molar-refractivity contribution >= 4 is 15.9 Å². The predicted molar refractivity (Wildman–Crippen MR) is 54.2 cm³/mol. The van der Waals surface area contributed by atoms with Gasteiger partial charge in [-0.3, -0.25) is 0 Å². The first-order valence-electron chi connectivity index (χ1n) is 4.60. The van der Waals surface area contributed by atoms with Crippen LogP contribution in [-0.2, 0) is 20.7 Å². The molecule has 0 bridgehead atoms. The van der Waals surface area contributed by atoms with Gasteiger partial charge in [-0.15, -0.1) is 0 Å². The first-order chi connectivity index (χ1) is 7.81. The molecule has 0 aliphatic heterocycles. The number of rotatable bonds is 2. The Morgan fingerprint density at radius 3 is 2.47 bits per heavy atom. The number of allylic oxidation sites excluding steroid dienone is 1. The predicted octanol–water partition coefficient (Wildman–Crippen LogP) is 2.45. The van der Waals surface area contributed by atoms with Crippen LogP contribution in [0.15, 0.2) is 30.3 Å². The summed E-state index contributed by atoms with van der Waals surface area (Å²) in [4.78, 5) is 0. The van der Waals surface area contributed by atoms with Crippen molar-refractivity contribution in [2.75, 3.05) is 0 Å². The Bertz CT molecular complexity index is 573. The molecule has 0 unspecified atom stereocenters. The molecule has 0 saturated carbocycles. The van der Waals surface area contributed by atoms with Gasteiger partial charge in [-0.05, 0) is 18.1 Å². The molecule has 17 heavy (non-hydrogen) atoms. The molecule has 1 aromatic rings. The van der Waals surface area contributed by atoms with E-state index in [9.17, 15) is 21.6 Å². The summed E-state index contributed by atoms with van der Waals surface area (Å²) in [6.45, 7) is 0. The Labute approximate surface area is 95.6 Å². The maximum Gasteiger partial charge on any atom is 0.534 e. The first kappa shape index (κ1) is 12.0. The van der Waals surface area contributed by atoms with Gasteiger partial charge in [0.15, 0.2) is 0 Å². The third-order valence-corrected chi connectivity index (χ3v) is 3.24. The van der Waals surface area contributed by atoms with E-state index >= 15 is 0 Å². The second-order valence-electron chi connectivity index (χ2n) is 3.41. The van der Waals surface area contributed by atoms with E-state index in [1.54, 1.807) is 18.2 Å². The van der Waals surface area contributed by atoms with Gasteiger partial charge in [-0.2, -0.15) is 21.6 Å². The lowest BCUT2D eigenvalue weighted by atomic mass is 10.1. The van der Waals surface area contributed by atoms with Crippen LogP contribution >= 0.6 is 0 Å².